The van der Waals surface area contributed by atoms with Crippen LogP contribution in [0.3, 0.4) is 0 Å². The number of nitrogens with zero attached hydrogens (tertiary/aromatic N) is 1. The van der Waals surface area contributed by atoms with Crippen molar-refractivity contribution in [2.75, 3.05) is 6.61 Å². The van der Waals surface area contributed by atoms with Gasteiger partial charge in [0.05, 0.1) is 12.2 Å². The van der Waals surface area contributed by atoms with E-state index in [9.17, 15) is 4.79 Å². The van der Waals surface area contributed by atoms with Crippen molar-refractivity contribution in [3.63, 3.8) is 0 Å². The number of hydrogen-bond donors (Lipinski definition) is 1. The van der Waals surface area contributed by atoms with Crippen molar-refractivity contribution < 1.29 is 14.3 Å². The second kappa shape index (κ2) is 9.95. The van der Waals surface area contributed by atoms with Gasteiger partial charge < -0.3 is 9.47 Å². The maximum Gasteiger partial charge on any atom is 0.345 e. The molecule has 0 atom stereocenters. The van der Waals surface area contributed by atoms with Crippen molar-refractivity contribution in [3.8, 4) is 5.88 Å². The first kappa shape index (κ1) is 16.1. The Morgan fingerprint density at radius 2 is 2.00 bits per heavy atom. The molecule has 1 N–H and O–H groups in total. The van der Waals surface area contributed by atoms with Gasteiger partial charge in [-0.05, 0) is 12.5 Å². The second-order valence-electron chi connectivity index (χ2n) is 4.52. The average Bonchev–Trinajstić information content (AvgIpc) is 2.47. The van der Waals surface area contributed by atoms with Crippen molar-refractivity contribution in [2.45, 2.75) is 45.4 Å². The molecule has 20 heavy (non-hydrogen) atoms. The van der Waals surface area contributed by atoms with Crippen molar-refractivity contribution >= 4 is 12.4 Å². The third-order valence-electron chi connectivity index (χ3n) is 2.89. The van der Waals surface area contributed by atoms with E-state index in [1.807, 2.05) is 0 Å². The van der Waals surface area contributed by atoms with Crippen LogP contribution in [0.25, 0.3) is 0 Å². The lowest BCUT2D eigenvalue weighted by Crippen LogP contribution is -2.04. The van der Waals surface area contributed by atoms with Crippen LogP contribution in [0, 0.1) is 5.41 Å². The van der Waals surface area contributed by atoms with Gasteiger partial charge in [-0.15, -0.1) is 0 Å². The number of unbranched alkanes of at least 4 members (excludes halogenated alkanes) is 5. The van der Waals surface area contributed by atoms with Crippen molar-refractivity contribution in [1.82, 2.24) is 4.98 Å². The van der Waals surface area contributed by atoms with Gasteiger partial charge in [0.1, 0.15) is 0 Å². The lowest BCUT2D eigenvalue weighted by Gasteiger charge is -2.05. The first-order chi connectivity index (χ1) is 9.77. The fraction of sp³-hybridized carbons (Fsp3) is 0.533. The van der Waals surface area contributed by atoms with Gasteiger partial charge >= 0.3 is 5.97 Å². The summed E-state index contributed by atoms with van der Waals surface area (Å²) in [5, 5.41) is 6.68. The SMILES string of the molecule is CCCCCCCCOc1ccc(C(=O)OC=N)cn1. The van der Waals surface area contributed by atoms with E-state index in [-0.39, 0.29) is 0 Å². The van der Waals surface area contributed by atoms with E-state index in [0.29, 0.717) is 24.5 Å². The molecule has 0 bridgehead atoms. The van der Waals surface area contributed by atoms with Gasteiger partial charge in [-0.1, -0.05) is 39.0 Å². The van der Waals surface area contributed by atoms with Gasteiger partial charge in [0.15, 0.2) is 6.40 Å². The highest BCUT2D eigenvalue weighted by atomic mass is 16.5. The third kappa shape index (κ3) is 6.31. The summed E-state index contributed by atoms with van der Waals surface area (Å²) in [5.74, 6) is -0.0834. The van der Waals surface area contributed by atoms with Gasteiger partial charge in [-0.2, -0.15) is 0 Å². The maximum atomic E-state index is 11.3. The average molecular weight is 278 g/mol. The van der Waals surface area contributed by atoms with E-state index in [0.717, 1.165) is 6.42 Å². The predicted octanol–water partition coefficient (Wildman–Crippen LogP) is 3.58. The summed E-state index contributed by atoms with van der Waals surface area (Å²) in [4.78, 5) is 15.3. The molecule has 0 aliphatic rings. The van der Waals surface area contributed by atoms with E-state index in [1.54, 1.807) is 12.1 Å². The molecule has 1 heterocycles. The van der Waals surface area contributed by atoms with Gasteiger partial charge in [-0.3, -0.25) is 5.41 Å². The molecule has 0 amide bonds. The van der Waals surface area contributed by atoms with Crippen LogP contribution in [0.4, 0.5) is 0 Å². The molecule has 1 aromatic heterocycles. The molecule has 110 valence electrons. The van der Waals surface area contributed by atoms with Crippen LogP contribution in [-0.2, 0) is 4.74 Å². The molecule has 0 radical (unpaired) electrons. The van der Waals surface area contributed by atoms with E-state index in [1.165, 1.54) is 38.3 Å². The zero-order valence-corrected chi connectivity index (χ0v) is 11.9. The van der Waals surface area contributed by atoms with Crippen LogP contribution >= 0.6 is 0 Å². The number of ether oxygens (including phenoxy) is 2. The fourth-order valence-corrected chi connectivity index (χ4v) is 1.77. The van der Waals surface area contributed by atoms with Gasteiger partial charge in [0, 0.05) is 12.3 Å². The summed E-state index contributed by atoms with van der Waals surface area (Å²) in [5.41, 5.74) is 0.306. The highest BCUT2D eigenvalue weighted by Gasteiger charge is 2.06. The molecule has 5 heteroatoms. The first-order valence-corrected chi connectivity index (χ1v) is 7.06. The van der Waals surface area contributed by atoms with E-state index in [4.69, 9.17) is 10.1 Å². The lowest BCUT2D eigenvalue weighted by molar-refractivity contribution is 0.0726. The molecule has 1 aromatic rings. The van der Waals surface area contributed by atoms with Crippen LogP contribution < -0.4 is 4.74 Å². The van der Waals surface area contributed by atoms with Crippen LogP contribution in [0.1, 0.15) is 55.8 Å². The molecule has 0 saturated heterocycles. The molecule has 0 saturated carbocycles. The number of aromatic nitrogens is 1. The summed E-state index contributed by atoms with van der Waals surface area (Å²) < 4.78 is 9.93. The van der Waals surface area contributed by atoms with E-state index in [2.05, 4.69) is 16.6 Å². The standard InChI is InChI=1S/C15H22N2O3/c1-2-3-4-5-6-7-10-19-14-9-8-13(11-17-14)15(18)20-12-16/h8-9,11-12,16H,2-7,10H2,1H3. The Bertz CT molecular complexity index is 404. The monoisotopic (exact) mass is 278 g/mol. The number of carbonyl (C=O) groups excluding carboxylic acids is 1. The van der Waals surface area contributed by atoms with E-state index >= 15 is 0 Å². The molecule has 0 unspecified atom stereocenters. The Morgan fingerprint density at radius 1 is 1.25 bits per heavy atom. The molecular formula is C15H22N2O3. The zero-order valence-electron chi connectivity index (χ0n) is 11.9. The number of nitrogens with one attached hydrogen (secondary N) is 1. The molecular weight excluding hydrogens is 256 g/mol. The van der Waals surface area contributed by atoms with Crippen LogP contribution in [-0.4, -0.2) is 24.0 Å². The number of rotatable bonds is 10. The third-order valence-corrected chi connectivity index (χ3v) is 2.89. The molecule has 0 spiro atoms. The van der Waals surface area contributed by atoms with Gasteiger partial charge in [0.2, 0.25) is 5.88 Å². The topological polar surface area (TPSA) is 72.3 Å². The summed E-state index contributed by atoms with van der Waals surface area (Å²) in [6.07, 6.45) is 9.28. The van der Waals surface area contributed by atoms with Crippen molar-refractivity contribution in [1.29, 1.82) is 5.41 Å². The number of carbonyl (C=O) groups is 1. The fourth-order valence-electron chi connectivity index (χ4n) is 1.77. The number of esters is 1. The first-order valence-electron chi connectivity index (χ1n) is 7.06. The molecule has 0 aliphatic heterocycles. The number of pyridine rings is 1. The molecule has 0 aliphatic carbocycles. The van der Waals surface area contributed by atoms with E-state index < -0.39 is 5.97 Å². The second-order valence-corrected chi connectivity index (χ2v) is 4.52. The molecule has 5 nitrogen and oxygen atoms in total. The Morgan fingerprint density at radius 3 is 2.65 bits per heavy atom. The largest absolute Gasteiger partial charge is 0.478 e. The highest BCUT2D eigenvalue weighted by Crippen LogP contribution is 2.10. The maximum absolute atomic E-state index is 11.3. The smallest absolute Gasteiger partial charge is 0.345 e. The van der Waals surface area contributed by atoms with Crippen LogP contribution in [0.15, 0.2) is 18.3 Å². The highest BCUT2D eigenvalue weighted by molar-refractivity contribution is 5.92. The Balaban J connectivity index is 2.21. The van der Waals surface area contributed by atoms with Crippen LogP contribution in [0.5, 0.6) is 5.88 Å². The predicted molar refractivity (Wildman–Crippen MR) is 77.3 cm³/mol. The minimum absolute atomic E-state index is 0.306. The normalized spacial score (nSPS) is 10.1. The van der Waals surface area contributed by atoms with Crippen molar-refractivity contribution in [2.24, 2.45) is 0 Å². The van der Waals surface area contributed by atoms with Crippen molar-refractivity contribution in [3.05, 3.63) is 23.9 Å². The Kier molecular flexibility index (Phi) is 8.03. The lowest BCUT2D eigenvalue weighted by atomic mass is 10.1. The van der Waals surface area contributed by atoms with Gasteiger partial charge in [0.25, 0.3) is 0 Å². The minimum atomic E-state index is -0.588. The Labute approximate surface area is 119 Å². The summed E-state index contributed by atoms with van der Waals surface area (Å²) in [6.45, 7) is 2.85. The van der Waals surface area contributed by atoms with Gasteiger partial charge in [-0.25, -0.2) is 9.78 Å². The number of hydrogen-bond acceptors (Lipinski definition) is 5. The molecule has 0 aromatic carbocycles. The quantitative estimate of drug-likeness (QED) is 0.307. The summed E-state index contributed by atoms with van der Waals surface area (Å²) in [6, 6.07) is 3.22. The molecule has 0 fully saturated rings. The molecule has 1 rings (SSSR count). The summed E-state index contributed by atoms with van der Waals surface area (Å²) in [7, 11) is 0. The zero-order chi connectivity index (χ0) is 14.6. The summed E-state index contributed by atoms with van der Waals surface area (Å²) >= 11 is 0. The van der Waals surface area contributed by atoms with Crippen LogP contribution in [0.2, 0.25) is 0 Å². The Hall–Kier alpha value is -1.91. The minimum Gasteiger partial charge on any atom is -0.478 e.